The zero-order valence-electron chi connectivity index (χ0n) is 12.6. The second kappa shape index (κ2) is 10.3. The average Bonchev–Trinajstić information content (AvgIpc) is 2.40. The summed E-state index contributed by atoms with van der Waals surface area (Å²) in [5.41, 5.74) is -0.543. The Balaban J connectivity index is 3.94. The predicted octanol–water partition coefficient (Wildman–Crippen LogP) is 3.50. The molecular weight excluding hydrogens is 224 g/mol. The molecule has 0 aromatic rings. The fourth-order valence-corrected chi connectivity index (χ4v) is 1.85. The molecule has 0 aliphatic rings. The standard InChI is InChI=1S/C15H30N2O/c1-5-8-9-14(7-3)11-18-13-15(4,12-16)17-10-6-2/h14,17H,5-11,13H2,1-4H3. The first kappa shape index (κ1) is 17.4. The molecule has 0 aliphatic heterocycles. The molecule has 0 fully saturated rings. The van der Waals surface area contributed by atoms with Crippen molar-refractivity contribution >= 4 is 0 Å². The summed E-state index contributed by atoms with van der Waals surface area (Å²) in [6, 6.07) is 2.31. The molecule has 0 saturated carbocycles. The lowest BCUT2D eigenvalue weighted by Gasteiger charge is -2.24. The summed E-state index contributed by atoms with van der Waals surface area (Å²) in [5.74, 6) is 0.638. The smallest absolute Gasteiger partial charge is 0.127 e. The van der Waals surface area contributed by atoms with E-state index >= 15 is 0 Å². The van der Waals surface area contributed by atoms with Gasteiger partial charge in [-0.1, -0.05) is 40.0 Å². The van der Waals surface area contributed by atoms with Crippen LogP contribution >= 0.6 is 0 Å². The minimum atomic E-state index is -0.543. The first-order valence-corrected chi connectivity index (χ1v) is 7.35. The molecule has 0 heterocycles. The van der Waals surface area contributed by atoms with Crippen LogP contribution in [0.15, 0.2) is 0 Å². The van der Waals surface area contributed by atoms with Crippen LogP contribution in [-0.4, -0.2) is 25.3 Å². The fourth-order valence-electron chi connectivity index (χ4n) is 1.85. The van der Waals surface area contributed by atoms with Gasteiger partial charge in [-0.05, 0) is 32.2 Å². The molecular formula is C15H30N2O. The van der Waals surface area contributed by atoms with Gasteiger partial charge in [0, 0.05) is 6.61 Å². The molecule has 2 unspecified atom stereocenters. The molecule has 0 amide bonds. The fraction of sp³-hybridized carbons (Fsp3) is 0.933. The van der Waals surface area contributed by atoms with Crippen molar-refractivity contribution in [3.63, 3.8) is 0 Å². The highest BCUT2D eigenvalue weighted by Gasteiger charge is 2.23. The van der Waals surface area contributed by atoms with E-state index in [9.17, 15) is 5.26 Å². The summed E-state index contributed by atoms with van der Waals surface area (Å²) in [6.07, 6.45) is 5.94. The van der Waals surface area contributed by atoms with Gasteiger partial charge in [0.1, 0.15) is 5.54 Å². The monoisotopic (exact) mass is 254 g/mol. The molecule has 0 spiro atoms. The lowest BCUT2D eigenvalue weighted by Crippen LogP contribution is -2.45. The van der Waals surface area contributed by atoms with Gasteiger partial charge in [-0.25, -0.2) is 0 Å². The number of nitriles is 1. The minimum Gasteiger partial charge on any atom is -0.378 e. The van der Waals surface area contributed by atoms with Crippen molar-refractivity contribution in [2.45, 2.75) is 65.3 Å². The first-order chi connectivity index (χ1) is 8.61. The van der Waals surface area contributed by atoms with Crippen LogP contribution < -0.4 is 5.32 Å². The maximum atomic E-state index is 9.18. The molecule has 18 heavy (non-hydrogen) atoms. The summed E-state index contributed by atoms with van der Waals surface area (Å²) >= 11 is 0. The maximum absolute atomic E-state index is 9.18. The molecule has 0 bridgehead atoms. The second-order valence-corrected chi connectivity index (χ2v) is 5.30. The van der Waals surface area contributed by atoms with Gasteiger partial charge in [0.2, 0.25) is 0 Å². The molecule has 2 atom stereocenters. The summed E-state index contributed by atoms with van der Waals surface area (Å²) in [5, 5.41) is 12.4. The van der Waals surface area contributed by atoms with Gasteiger partial charge in [0.25, 0.3) is 0 Å². The molecule has 0 radical (unpaired) electrons. The molecule has 0 aromatic carbocycles. The number of nitrogens with one attached hydrogen (secondary N) is 1. The average molecular weight is 254 g/mol. The van der Waals surface area contributed by atoms with Gasteiger partial charge in [0.15, 0.2) is 0 Å². The Morgan fingerprint density at radius 2 is 2.00 bits per heavy atom. The van der Waals surface area contributed by atoms with E-state index in [4.69, 9.17) is 4.74 Å². The van der Waals surface area contributed by atoms with Crippen molar-refractivity contribution in [2.75, 3.05) is 19.8 Å². The van der Waals surface area contributed by atoms with Crippen molar-refractivity contribution in [1.82, 2.24) is 5.32 Å². The Labute approximate surface area is 113 Å². The third kappa shape index (κ3) is 7.68. The van der Waals surface area contributed by atoms with Crippen LogP contribution in [0.5, 0.6) is 0 Å². The van der Waals surface area contributed by atoms with Crippen molar-refractivity contribution in [2.24, 2.45) is 5.92 Å². The third-order valence-corrected chi connectivity index (χ3v) is 3.30. The van der Waals surface area contributed by atoms with Crippen molar-refractivity contribution < 1.29 is 4.74 Å². The largest absolute Gasteiger partial charge is 0.378 e. The van der Waals surface area contributed by atoms with Crippen molar-refractivity contribution in [3.05, 3.63) is 0 Å². The van der Waals surface area contributed by atoms with Gasteiger partial charge in [0.05, 0.1) is 12.7 Å². The summed E-state index contributed by atoms with van der Waals surface area (Å²) in [7, 11) is 0. The maximum Gasteiger partial charge on any atom is 0.127 e. The van der Waals surface area contributed by atoms with Gasteiger partial charge in [-0.3, -0.25) is 5.32 Å². The molecule has 0 aliphatic carbocycles. The first-order valence-electron chi connectivity index (χ1n) is 7.35. The lowest BCUT2D eigenvalue weighted by molar-refractivity contribution is 0.0644. The molecule has 0 saturated heterocycles. The SMILES string of the molecule is CCCCC(CC)COCC(C)(C#N)NCCC. The Kier molecular flexibility index (Phi) is 10.0. The highest BCUT2D eigenvalue weighted by molar-refractivity contribution is 5.03. The van der Waals surface area contributed by atoms with E-state index in [1.54, 1.807) is 0 Å². The molecule has 0 aromatic heterocycles. The Morgan fingerprint density at radius 3 is 2.50 bits per heavy atom. The van der Waals surface area contributed by atoms with E-state index in [2.05, 4.69) is 32.2 Å². The second-order valence-electron chi connectivity index (χ2n) is 5.30. The molecule has 3 nitrogen and oxygen atoms in total. The van der Waals surface area contributed by atoms with Crippen LogP contribution in [0.1, 0.15) is 59.8 Å². The van der Waals surface area contributed by atoms with E-state index < -0.39 is 5.54 Å². The lowest BCUT2D eigenvalue weighted by atomic mass is 10.0. The normalized spacial score (nSPS) is 15.9. The molecule has 106 valence electrons. The van der Waals surface area contributed by atoms with Crippen LogP contribution in [0.25, 0.3) is 0 Å². The van der Waals surface area contributed by atoms with Crippen LogP contribution in [0, 0.1) is 17.2 Å². The van der Waals surface area contributed by atoms with Crippen LogP contribution in [0.4, 0.5) is 0 Å². The number of nitrogens with zero attached hydrogens (tertiary/aromatic N) is 1. The highest BCUT2D eigenvalue weighted by Crippen LogP contribution is 2.14. The van der Waals surface area contributed by atoms with Gasteiger partial charge >= 0.3 is 0 Å². The quantitative estimate of drug-likeness (QED) is 0.614. The number of hydrogen-bond donors (Lipinski definition) is 1. The van der Waals surface area contributed by atoms with Gasteiger partial charge < -0.3 is 4.74 Å². The summed E-state index contributed by atoms with van der Waals surface area (Å²) < 4.78 is 5.75. The highest BCUT2D eigenvalue weighted by atomic mass is 16.5. The zero-order chi connectivity index (χ0) is 13.9. The van der Waals surface area contributed by atoms with E-state index in [1.807, 2.05) is 6.92 Å². The number of rotatable bonds is 11. The van der Waals surface area contributed by atoms with E-state index in [1.165, 1.54) is 19.3 Å². The number of ether oxygens (including phenoxy) is 1. The predicted molar refractivity (Wildman–Crippen MR) is 76.4 cm³/mol. The Morgan fingerprint density at radius 1 is 1.28 bits per heavy atom. The van der Waals surface area contributed by atoms with Crippen molar-refractivity contribution in [3.8, 4) is 6.07 Å². The van der Waals surface area contributed by atoms with E-state index in [0.717, 1.165) is 26.0 Å². The third-order valence-electron chi connectivity index (χ3n) is 3.30. The minimum absolute atomic E-state index is 0.478. The van der Waals surface area contributed by atoms with Crippen LogP contribution in [0.2, 0.25) is 0 Å². The van der Waals surface area contributed by atoms with Gasteiger partial charge in [-0.2, -0.15) is 5.26 Å². The van der Waals surface area contributed by atoms with Gasteiger partial charge in [-0.15, -0.1) is 0 Å². The molecule has 1 N–H and O–H groups in total. The summed E-state index contributed by atoms with van der Waals surface area (Å²) in [6.45, 7) is 10.6. The number of hydrogen-bond acceptors (Lipinski definition) is 3. The topological polar surface area (TPSA) is 45.0 Å². The van der Waals surface area contributed by atoms with Crippen molar-refractivity contribution in [1.29, 1.82) is 5.26 Å². The van der Waals surface area contributed by atoms with Crippen LogP contribution in [-0.2, 0) is 4.74 Å². The summed E-state index contributed by atoms with van der Waals surface area (Å²) in [4.78, 5) is 0. The Hall–Kier alpha value is -0.590. The number of unbranched alkanes of at least 4 members (excludes halogenated alkanes) is 1. The zero-order valence-corrected chi connectivity index (χ0v) is 12.6. The van der Waals surface area contributed by atoms with E-state index in [0.29, 0.717) is 12.5 Å². The Bertz CT molecular complexity index is 237. The molecule has 0 rings (SSSR count). The molecule has 3 heteroatoms. The van der Waals surface area contributed by atoms with Crippen LogP contribution in [0.3, 0.4) is 0 Å². The van der Waals surface area contributed by atoms with E-state index in [-0.39, 0.29) is 0 Å².